The Morgan fingerprint density at radius 3 is 1.22 bits per heavy atom. The van der Waals surface area contributed by atoms with Gasteiger partial charge in [0.25, 0.3) is 0 Å². The molecule has 2 aliphatic heterocycles. The minimum absolute atomic E-state index is 0.00254. The Bertz CT molecular complexity index is 1270. The normalized spacial score (nSPS) is 19.8. The van der Waals surface area contributed by atoms with E-state index in [1.54, 1.807) is 23.5 Å². The molecule has 4 nitrogen and oxygen atoms in total. The second kappa shape index (κ2) is 9.88. The Morgan fingerprint density at radius 1 is 0.500 bits per heavy atom. The Balaban J connectivity index is 1.23. The molecule has 2 fully saturated rings. The average molecular weight is 509 g/mol. The summed E-state index contributed by atoms with van der Waals surface area (Å²) in [4.78, 5) is 29.2. The van der Waals surface area contributed by atoms with E-state index in [2.05, 4.69) is 48.5 Å². The van der Waals surface area contributed by atoms with Gasteiger partial charge in [0.15, 0.2) is 0 Å². The number of hydrogen-bond donors (Lipinski definition) is 0. The molecular weight excluding hydrogens is 484 g/mol. The zero-order chi connectivity index (χ0) is 24.5. The summed E-state index contributed by atoms with van der Waals surface area (Å²) in [6, 6.07) is 36.7. The third-order valence-corrected chi connectivity index (χ3v) is 8.95. The number of anilines is 2. The van der Waals surface area contributed by atoms with Gasteiger partial charge < -0.3 is 0 Å². The van der Waals surface area contributed by atoms with E-state index < -0.39 is 0 Å². The highest BCUT2D eigenvalue weighted by Crippen LogP contribution is 2.43. The predicted molar refractivity (Wildman–Crippen MR) is 150 cm³/mol. The Morgan fingerprint density at radius 2 is 0.861 bits per heavy atom. The quantitative estimate of drug-likeness (QED) is 0.294. The van der Waals surface area contributed by atoms with Crippen molar-refractivity contribution in [3.8, 4) is 11.1 Å². The first-order valence-corrected chi connectivity index (χ1v) is 14.0. The SMILES string of the molecule is O=C1CSC(c2ccccc2)N1c1ccc(-c2ccc(N3C(=O)CSC3c3ccccc3)cc2)cc1. The molecule has 2 amide bonds. The van der Waals surface area contributed by atoms with Gasteiger partial charge in [0, 0.05) is 11.4 Å². The van der Waals surface area contributed by atoms with Crippen molar-refractivity contribution < 1.29 is 9.59 Å². The van der Waals surface area contributed by atoms with Crippen molar-refractivity contribution in [3.63, 3.8) is 0 Å². The molecular formula is C30H24N2O2S2. The first-order chi connectivity index (χ1) is 17.7. The molecule has 0 spiro atoms. The van der Waals surface area contributed by atoms with Gasteiger partial charge in [0.05, 0.1) is 11.5 Å². The lowest BCUT2D eigenvalue weighted by Gasteiger charge is -2.25. The van der Waals surface area contributed by atoms with Crippen LogP contribution >= 0.6 is 23.5 Å². The third kappa shape index (κ3) is 4.31. The van der Waals surface area contributed by atoms with E-state index >= 15 is 0 Å². The monoisotopic (exact) mass is 508 g/mol. The van der Waals surface area contributed by atoms with Gasteiger partial charge in [-0.25, -0.2) is 0 Å². The van der Waals surface area contributed by atoms with Crippen LogP contribution in [0.15, 0.2) is 109 Å². The molecule has 0 N–H and O–H groups in total. The molecule has 0 aromatic heterocycles. The van der Waals surface area contributed by atoms with E-state index in [1.807, 2.05) is 70.5 Å². The van der Waals surface area contributed by atoms with Gasteiger partial charge in [0.2, 0.25) is 11.8 Å². The van der Waals surface area contributed by atoms with Crippen LogP contribution in [-0.2, 0) is 9.59 Å². The highest BCUT2D eigenvalue weighted by Gasteiger charge is 2.35. The summed E-state index contributed by atoms with van der Waals surface area (Å²) < 4.78 is 0. The molecule has 2 saturated heterocycles. The maximum absolute atomic E-state index is 12.7. The summed E-state index contributed by atoms with van der Waals surface area (Å²) >= 11 is 3.32. The molecule has 0 radical (unpaired) electrons. The van der Waals surface area contributed by atoms with Crippen LogP contribution in [0.5, 0.6) is 0 Å². The lowest BCUT2D eigenvalue weighted by Crippen LogP contribution is -2.27. The first-order valence-electron chi connectivity index (χ1n) is 11.9. The van der Waals surface area contributed by atoms with E-state index in [-0.39, 0.29) is 22.6 Å². The molecule has 4 aromatic rings. The second-order valence-corrected chi connectivity index (χ2v) is 10.9. The van der Waals surface area contributed by atoms with Crippen molar-refractivity contribution in [1.29, 1.82) is 0 Å². The molecule has 6 rings (SSSR count). The topological polar surface area (TPSA) is 40.6 Å². The first kappa shape index (κ1) is 23.0. The lowest BCUT2D eigenvalue weighted by atomic mass is 10.0. The van der Waals surface area contributed by atoms with Gasteiger partial charge in [0.1, 0.15) is 10.7 Å². The van der Waals surface area contributed by atoms with Gasteiger partial charge >= 0.3 is 0 Å². The smallest absolute Gasteiger partial charge is 0.238 e. The highest BCUT2D eigenvalue weighted by molar-refractivity contribution is 8.01. The fourth-order valence-corrected chi connectivity index (χ4v) is 7.12. The standard InChI is InChI=1S/C30H24N2O2S2/c33-27-19-35-29(23-7-3-1-4-8-23)31(27)25-15-11-21(12-16-25)22-13-17-26(18-14-22)32-28(34)20-36-30(32)24-9-5-2-6-10-24/h1-18,29-30H,19-20H2. The molecule has 2 unspecified atom stereocenters. The minimum atomic E-state index is -0.00254. The maximum atomic E-state index is 12.7. The second-order valence-electron chi connectivity index (χ2n) is 8.77. The van der Waals surface area contributed by atoms with E-state index in [0.717, 1.165) is 33.6 Å². The van der Waals surface area contributed by atoms with Crippen LogP contribution in [-0.4, -0.2) is 23.3 Å². The highest BCUT2D eigenvalue weighted by atomic mass is 32.2. The molecule has 2 atom stereocenters. The minimum Gasteiger partial charge on any atom is -0.295 e. The van der Waals surface area contributed by atoms with E-state index in [0.29, 0.717) is 11.5 Å². The Labute approximate surface area is 219 Å². The Hall–Kier alpha value is -3.48. The van der Waals surface area contributed by atoms with Crippen molar-refractivity contribution in [2.24, 2.45) is 0 Å². The number of carbonyl (C=O) groups excluding carboxylic acids is 2. The molecule has 0 bridgehead atoms. The van der Waals surface area contributed by atoms with Crippen LogP contribution in [0.2, 0.25) is 0 Å². The van der Waals surface area contributed by atoms with Gasteiger partial charge in [-0.05, 0) is 46.5 Å². The van der Waals surface area contributed by atoms with Gasteiger partial charge in [-0.1, -0.05) is 84.9 Å². The number of carbonyl (C=O) groups is 2. The van der Waals surface area contributed by atoms with Crippen molar-refractivity contribution in [2.75, 3.05) is 21.3 Å². The number of thioether (sulfide) groups is 2. The molecule has 4 aromatic carbocycles. The fourth-order valence-electron chi connectivity index (χ4n) is 4.76. The van der Waals surface area contributed by atoms with Gasteiger partial charge in [-0.2, -0.15) is 0 Å². The maximum Gasteiger partial charge on any atom is 0.238 e. The molecule has 178 valence electrons. The van der Waals surface area contributed by atoms with Crippen LogP contribution in [0.4, 0.5) is 11.4 Å². The molecule has 6 heteroatoms. The molecule has 2 aliphatic rings. The van der Waals surface area contributed by atoms with Crippen molar-refractivity contribution in [2.45, 2.75) is 10.7 Å². The summed E-state index contributed by atoms with van der Waals surface area (Å²) in [5.74, 6) is 1.24. The summed E-state index contributed by atoms with van der Waals surface area (Å²) in [5, 5.41) is -0.00507. The molecule has 36 heavy (non-hydrogen) atoms. The third-order valence-electron chi connectivity index (χ3n) is 6.53. The van der Waals surface area contributed by atoms with Crippen molar-refractivity contribution >= 4 is 46.7 Å². The number of amides is 2. The number of benzene rings is 4. The van der Waals surface area contributed by atoms with Crippen LogP contribution in [0, 0.1) is 0 Å². The van der Waals surface area contributed by atoms with E-state index in [9.17, 15) is 9.59 Å². The number of hydrogen-bond acceptors (Lipinski definition) is 4. The summed E-state index contributed by atoms with van der Waals surface area (Å²) in [5.41, 5.74) is 6.23. The fraction of sp³-hybridized carbons (Fsp3) is 0.133. The largest absolute Gasteiger partial charge is 0.295 e. The Kier molecular flexibility index (Phi) is 6.30. The van der Waals surface area contributed by atoms with E-state index in [1.165, 1.54) is 0 Å². The van der Waals surface area contributed by atoms with Crippen LogP contribution in [0.25, 0.3) is 11.1 Å². The number of nitrogens with zero attached hydrogens (tertiary/aromatic N) is 2. The van der Waals surface area contributed by atoms with Crippen LogP contribution < -0.4 is 9.80 Å². The zero-order valence-corrected chi connectivity index (χ0v) is 21.1. The van der Waals surface area contributed by atoms with Crippen molar-refractivity contribution in [3.05, 3.63) is 120 Å². The molecule has 2 heterocycles. The molecule has 0 aliphatic carbocycles. The van der Waals surface area contributed by atoms with E-state index in [4.69, 9.17) is 0 Å². The summed E-state index contributed by atoms with van der Waals surface area (Å²) in [7, 11) is 0. The van der Waals surface area contributed by atoms with Crippen molar-refractivity contribution in [1.82, 2.24) is 0 Å². The molecule has 0 saturated carbocycles. The summed E-state index contributed by atoms with van der Waals surface area (Å²) in [6.45, 7) is 0. The lowest BCUT2D eigenvalue weighted by molar-refractivity contribution is -0.116. The van der Waals surface area contributed by atoms with Crippen LogP contribution in [0.1, 0.15) is 21.9 Å². The summed E-state index contributed by atoms with van der Waals surface area (Å²) in [6.07, 6.45) is 0. The van der Waals surface area contributed by atoms with Gasteiger partial charge in [-0.3, -0.25) is 19.4 Å². The van der Waals surface area contributed by atoms with Gasteiger partial charge in [-0.15, -0.1) is 23.5 Å². The van der Waals surface area contributed by atoms with Crippen LogP contribution in [0.3, 0.4) is 0 Å². The zero-order valence-electron chi connectivity index (χ0n) is 19.5. The average Bonchev–Trinajstić information content (AvgIpc) is 3.52. The predicted octanol–water partition coefficient (Wildman–Crippen LogP) is 6.91. The number of rotatable bonds is 5.